The molecule has 2 aliphatic heterocycles. The lowest BCUT2D eigenvalue weighted by molar-refractivity contribution is -0.123. The summed E-state index contributed by atoms with van der Waals surface area (Å²) in [5.41, 5.74) is 0.849. The largest absolute Gasteiger partial charge is 0.355 e. The van der Waals surface area contributed by atoms with Crippen LogP contribution in [0.1, 0.15) is 33.1 Å². The summed E-state index contributed by atoms with van der Waals surface area (Å²) >= 11 is 1.54. The van der Waals surface area contributed by atoms with E-state index in [0.717, 1.165) is 41.8 Å². The molecule has 1 fully saturated rings. The minimum Gasteiger partial charge on any atom is -0.355 e. The number of piperidine rings is 1. The number of para-hydroxylation sites is 1. The molecule has 1 aromatic rings. The highest BCUT2D eigenvalue weighted by Gasteiger charge is 2.26. The predicted octanol–water partition coefficient (Wildman–Crippen LogP) is 3.00. The van der Waals surface area contributed by atoms with Crippen LogP contribution < -0.4 is 10.2 Å². The van der Waals surface area contributed by atoms with Crippen molar-refractivity contribution in [3.8, 4) is 0 Å². The first kappa shape index (κ1) is 20.2. The maximum atomic E-state index is 12.3. The zero-order chi connectivity index (χ0) is 19.2. The molecule has 2 unspecified atom stereocenters. The van der Waals surface area contributed by atoms with Crippen LogP contribution in [0.15, 0.2) is 29.2 Å². The molecule has 1 saturated heterocycles. The van der Waals surface area contributed by atoms with E-state index in [0.29, 0.717) is 12.3 Å². The average Bonchev–Trinajstić information content (AvgIpc) is 2.63. The third kappa shape index (κ3) is 5.72. The zero-order valence-electron chi connectivity index (χ0n) is 16.4. The van der Waals surface area contributed by atoms with Crippen molar-refractivity contribution in [1.29, 1.82) is 0 Å². The lowest BCUT2D eigenvalue weighted by Crippen LogP contribution is -2.43. The molecule has 1 N–H and O–H groups in total. The number of anilines is 1. The zero-order valence-corrected chi connectivity index (χ0v) is 17.3. The van der Waals surface area contributed by atoms with E-state index in [9.17, 15) is 9.59 Å². The van der Waals surface area contributed by atoms with Crippen LogP contribution in [0.25, 0.3) is 0 Å². The molecule has 2 heterocycles. The number of hydrogen-bond acceptors (Lipinski definition) is 4. The van der Waals surface area contributed by atoms with E-state index in [1.165, 1.54) is 31.3 Å². The van der Waals surface area contributed by atoms with E-state index in [-0.39, 0.29) is 18.4 Å². The molecule has 5 nitrogen and oxygen atoms in total. The summed E-state index contributed by atoms with van der Waals surface area (Å²) in [7, 11) is 0. The van der Waals surface area contributed by atoms with Gasteiger partial charge in [0, 0.05) is 24.5 Å². The quantitative estimate of drug-likeness (QED) is 0.729. The molecule has 0 bridgehead atoms. The number of nitrogens with zero attached hydrogens (tertiary/aromatic N) is 2. The van der Waals surface area contributed by atoms with Crippen LogP contribution in [0, 0.1) is 11.8 Å². The van der Waals surface area contributed by atoms with E-state index >= 15 is 0 Å². The Morgan fingerprint density at radius 1 is 1.19 bits per heavy atom. The van der Waals surface area contributed by atoms with Crippen molar-refractivity contribution < 1.29 is 9.59 Å². The second kappa shape index (κ2) is 9.60. The fourth-order valence-electron chi connectivity index (χ4n) is 4.19. The third-order valence-electron chi connectivity index (χ3n) is 5.28. The van der Waals surface area contributed by atoms with Gasteiger partial charge in [0.2, 0.25) is 11.8 Å². The van der Waals surface area contributed by atoms with E-state index in [2.05, 4.69) is 24.1 Å². The van der Waals surface area contributed by atoms with Crippen LogP contribution in [-0.2, 0) is 9.59 Å². The number of unbranched alkanes of at least 4 members (excludes halogenated alkanes) is 1. The molecule has 1 aromatic carbocycles. The number of benzene rings is 1. The predicted molar refractivity (Wildman–Crippen MR) is 111 cm³/mol. The Bertz CT molecular complexity index is 657. The summed E-state index contributed by atoms with van der Waals surface area (Å²) in [5.74, 6) is 1.90. The van der Waals surface area contributed by atoms with E-state index in [1.54, 1.807) is 4.90 Å². The number of thioether (sulfide) groups is 1. The second-order valence-corrected chi connectivity index (χ2v) is 9.02. The second-order valence-electron chi connectivity index (χ2n) is 8.00. The molecule has 0 aliphatic carbocycles. The number of likely N-dealkylation sites (tertiary alicyclic amines) is 1. The summed E-state index contributed by atoms with van der Waals surface area (Å²) in [6, 6.07) is 7.78. The lowest BCUT2D eigenvalue weighted by Gasteiger charge is -2.34. The van der Waals surface area contributed by atoms with Crippen LogP contribution in [0.4, 0.5) is 5.69 Å². The Labute approximate surface area is 166 Å². The van der Waals surface area contributed by atoms with E-state index in [1.807, 2.05) is 24.3 Å². The third-order valence-corrected chi connectivity index (χ3v) is 6.33. The molecule has 2 atom stereocenters. The van der Waals surface area contributed by atoms with Gasteiger partial charge in [-0.3, -0.25) is 9.59 Å². The van der Waals surface area contributed by atoms with Crippen LogP contribution >= 0.6 is 11.8 Å². The number of nitrogens with one attached hydrogen (secondary N) is 1. The van der Waals surface area contributed by atoms with Crippen molar-refractivity contribution in [2.45, 2.75) is 38.0 Å². The van der Waals surface area contributed by atoms with Crippen LogP contribution in [0.5, 0.6) is 0 Å². The summed E-state index contributed by atoms with van der Waals surface area (Å²) < 4.78 is 0. The first-order valence-corrected chi connectivity index (χ1v) is 11.0. The Morgan fingerprint density at radius 2 is 1.93 bits per heavy atom. The minimum atomic E-state index is -0.0785. The van der Waals surface area contributed by atoms with Crippen molar-refractivity contribution in [2.24, 2.45) is 11.8 Å². The minimum absolute atomic E-state index is 0.00203. The summed E-state index contributed by atoms with van der Waals surface area (Å²) in [6.07, 6.45) is 3.41. The van der Waals surface area contributed by atoms with Gasteiger partial charge in [-0.05, 0) is 49.8 Å². The van der Waals surface area contributed by atoms with Crippen molar-refractivity contribution in [1.82, 2.24) is 10.2 Å². The smallest absolute Gasteiger partial charge is 0.240 e. The highest BCUT2D eigenvalue weighted by Crippen LogP contribution is 2.34. The standard InChI is InChI=1S/C21H31N3O2S/c1-16-11-17(2)13-23(12-16)10-6-5-9-22-20(25)14-24-18-7-3-4-8-19(18)27-15-21(24)26/h3-4,7-8,16-17H,5-6,9-15H2,1-2H3,(H,22,25). The Balaban J connectivity index is 1.37. The molecule has 0 radical (unpaired) electrons. The van der Waals surface area contributed by atoms with Crippen molar-refractivity contribution in [2.75, 3.05) is 43.4 Å². The maximum absolute atomic E-state index is 12.3. The van der Waals surface area contributed by atoms with Gasteiger partial charge in [-0.15, -0.1) is 11.8 Å². The Hall–Kier alpha value is -1.53. The van der Waals surface area contributed by atoms with E-state index in [4.69, 9.17) is 0 Å². The van der Waals surface area contributed by atoms with Crippen LogP contribution in [-0.4, -0.2) is 55.2 Å². The maximum Gasteiger partial charge on any atom is 0.240 e. The molecule has 27 heavy (non-hydrogen) atoms. The van der Waals surface area contributed by atoms with Crippen molar-refractivity contribution in [3.05, 3.63) is 24.3 Å². The normalized spacial score (nSPS) is 23.2. The monoisotopic (exact) mass is 389 g/mol. The summed E-state index contributed by atoms with van der Waals surface area (Å²) in [6.45, 7) is 8.97. The highest BCUT2D eigenvalue weighted by atomic mass is 32.2. The molecule has 6 heteroatoms. The average molecular weight is 390 g/mol. The Morgan fingerprint density at radius 3 is 2.70 bits per heavy atom. The van der Waals surface area contributed by atoms with Gasteiger partial charge in [-0.1, -0.05) is 26.0 Å². The molecule has 2 aliphatic rings. The van der Waals surface area contributed by atoms with Crippen LogP contribution in [0.3, 0.4) is 0 Å². The lowest BCUT2D eigenvalue weighted by atomic mass is 9.92. The van der Waals surface area contributed by atoms with Gasteiger partial charge < -0.3 is 15.1 Å². The fraction of sp³-hybridized carbons (Fsp3) is 0.619. The van der Waals surface area contributed by atoms with Crippen molar-refractivity contribution in [3.63, 3.8) is 0 Å². The van der Waals surface area contributed by atoms with Gasteiger partial charge in [-0.2, -0.15) is 0 Å². The number of carbonyl (C=O) groups excluding carboxylic acids is 2. The van der Waals surface area contributed by atoms with Gasteiger partial charge >= 0.3 is 0 Å². The summed E-state index contributed by atoms with van der Waals surface area (Å²) in [4.78, 5) is 29.7. The SMILES string of the molecule is CC1CC(C)CN(CCCCNC(=O)CN2C(=O)CSc3ccccc32)C1. The first-order valence-electron chi connectivity index (χ1n) is 10.0. The molecular weight excluding hydrogens is 358 g/mol. The number of rotatable bonds is 7. The van der Waals surface area contributed by atoms with Gasteiger partial charge in [0.05, 0.1) is 11.4 Å². The van der Waals surface area contributed by atoms with Crippen molar-refractivity contribution >= 4 is 29.3 Å². The fourth-order valence-corrected chi connectivity index (χ4v) is 5.13. The topological polar surface area (TPSA) is 52.7 Å². The van der Waals surface area contributed by atoms with Gasteiger partial charge in [-0.25, -0.2) is 0 Å². The van der Waals surface area contributed by atoms with E-state index < -0.39 is 0 Å². The molecule has 0 spiro atoms. The Kier molecular flexibility index (Phi) is 7.19. The highest BCUT2D eigenvalue weighted by molar-refractivity contribution is 8.00. The van der Waals surface area contributed by atoms with Crippen LogP contribution in [0.2, 0.25) is 0 Å². The number of hydrogen-bond donors (Lipinski definition) is 1. The van der Waals surface area contributed by atoms with Gasteiger partial charge in [0.1, 0.15) is 6.54 Å². The molecule has 0 saturated carbocycles. The number of fused-ring (bicyclic) bond motifs is 1. The molecular formula is C21H31N3O2S. The molecule has 3 rings (SSSR count). The first-order chi connectivity index (χ1) is 13.0. The summed E-state index contributed by atoms with van der Waals surface area (Å²) in [5, 5.41) is 2.98. The molecule has 0 aromatic heterocycles. The molecule has 148 valence electrons. The molecule has 2 amide bonds. The number of carbonyl (C=O) groups is 2. The van der Waals surface area contributed by atoms with Gasteiger partial charge in [0.15, 0.2) is 0 Å². The van der Waals surface area contributed by atoms with Gasteiger partial charge in [0.25, 0.3) is 0 Å². The number of amides is 2.